The zero-order valence-electron chi connectivity index (χ0n) is 22.7. The molecule has 3 N–H and O–H groups in total. The number of aryl methyl sites for hydroxylation is 2. The zero-order valence-corrected chi connectivity index (χ0v) is 22.7. The summed E-state index contributed by atoms with van der Waals surface area (Å²) in [6.07, 6.45) is 12.5. The van der Waals surface area contributed by atoms with Gasteiger partial charge in [0, 0.05) is 39.5 Å². The number of hydrogen-bond acceptors (Lipinski definition) is 5. The first-order valence-electron chi connectivity index (χ1n) is 14.0. The van der Waals surface area contributed by atoms with Crippen LogP contribution in [0.25, 0.3) is 0 Å². The van der Waals surface area contributed by atoms with Crippen molar-refractivity contribution >= 4 is 5.91 Å². The molecule has 3 rings (SSSR count). The van der Waals surface area contributed by atoms with Crippen molar-refractivity contribution in [3.05, 3.63) is 35.4 Å². The second-order valence-electron chi connectivity index (χ2n) is 10.7. The second-order valence-corrected chi connectivity index (χ2v) is 10.7. The van der Waals surface area contributed by atoms with E-state index < -0.39 is 5.79 Å². The topological polar surface area (TPSA) is 84.9 Å². The van der Waals surface area contributed by atoms with E-state index in [2.05, 4.69) is 36.9 Å². The number of methoxy groups -OCH3 is 1. The van der Waals surface area contributed by atoms with E-state index in [0.29, 0.717) is 52.4 Å². The van der Waals surface area contributed by atoms with Crippen LogP contribution in [-0.2, 0) is 36.6 Å². The minimum Gasteiger partial charge on any atom is -0.382 e. The summed E-state index contributed by atoms with van der Waals surface area (Å²) in [7, 11) is 1.62. The number of likely N-dealkylation sites (tertiary alicyclic amines) is 1. The highest BCUT2D eigenvalue weighted by molar-refractivity contribution is 5.77. The maximum Gasteiger partial charge on any atom is 0.248 e. The molecule has 0 unspecified atom stereocenters. The Bertz CT molecular complexity index is 751. The van der Waals surface area contributed by atoms with Crippen LogP contribution in [0.3, 0.4) is 0 Å². The van der Waals surface area contributed by atoms with E-state index in [1.54, 1.807) is 7.11 Å². The van der Waals surface area contributed by atoms with Gasteiger partial charge in [0.05, 0.1) is 13.2 Å². The van der Waals surface area contributed by atoms with Crippen molar-refractivity contribution in [2.24, 2.45) is 0 Å². The lowest BCUT2D eigenvalue weighted by atomic mass is 9.91. The fourth-order valence-corrected chi connectivity index (χ4v) is 4.97. The van der Waals surface area contributed by atoms with Crippen molar-refractivity contribution in [2.75, 3.05) is 53.2 Å². The van der Waals surface area contributed by atoms with Crippen LogP contribution >= 0.6 is 0 Å². The molecule has 1 aromatic carbocycles. The highest BCUT2D eigenvalue weighted by Gasteiger charge is 2.46. The number of carbonyl (C=O) groups is 1. The lowest BCUT2D eigenvalue weighted by molar-refractivity contribution is -0.525. The molecule has 0 radical (unpaired) electrons. The molecule has 0 saturated carbocycles. The molecule has 2 aliphatic heterocycles. The summed E-state index contributed by atoms with van der Waals surface area (Å²) in [5.41, 5.74) is 7.02. The third kappa shape index (κ3) is 9.42. The van der Waals surface area contributed by atoms with Crippen molar-refractivity contribution < 1.29 is 29.5 Å². The Labute approximate surface area is 218 Å². The first-order valence-corrected chi connectivity index (χ1v) is 14.0. The lowest BCUT2D eigenvalue weighted by Crippen LogP contribution is -2.80. The van der Waals surface area contributed by atoms with E-state index in [4.69, 9.17) is 18.9 Å². The van der Waals surface area contributed by atoms with Gasteiger partial charge in [-0.05, 0) is 30.4 Å². The number of rotatable bonds is 15. The smallest absolute Gasteiger partial charge is 0.248 e. The van der Waals surface area contributed by atoms with E-state index in [-0.39, 0.29) is 18.1 Å². The van der Waals surface area contributed by atoms with Gasteiger partial charge in [-0.25, -0.2) is 0 Å². The second kappa shape index (κ2) is 15.0. The average molecular weight is 506 g/mol. The van der Waals surface area contributed by atoms with Crippen molar-refractivity contribution in [3.63, 3.8) is 0 Å². The Morgan fingerprint density at radius 3 is 2.19 bits per heavy atom. The van der Waals surface area contributed by atoms with Gasteiger partial charge in [-0.15, -0.1) is 0 Å². The molecule has 204 valence electrons. The van der Waals surface area contributed by atoms with Crippen molar-refractivity contribution in [2.45, 2.75) is 88.9 Å². The van der Waals surface area contributed by atoms with Crippen molar-refractivity contribution in [1.29, 1.82) is 0 Å². The maximum absolute atomic E-state index is 12.3. The molecule has 0 aliphatic carbocycles. The fraction of sp³-hybridized carbons (Fsp3) is 0.759. The number of nitrogens with zero attached hydrogens (tertiary/aromatic N) is 1. The number of unbranched alkanes of at least 4 members (excludes halogenated alkanes) is 5. The summed E-state index contributed by atoms with van der Waals surface area (Å²) in [5, 5.41) is 0. The van der Waals surface area contributed by atoms with Gasteiger partial charge in [-0.2, -0.15) is 0 Å². The number of benzene rings is 1. The summed E-state index contributed by atoms with van der Waals surface area (Å²) < 4.78 is 22.9. The van der Waals surface area contributed by atoms with Crippen LogP contribution in [0, 0.1) is 0 Å². The Kier molecular flexibility index (Phi) is 12.1. The number of hydrogen-bond donors (Lipinski definition) is 1. The normalized spacial score (nSPS) is 19.0. The van der Waals surface area contributed by atoms with Crippen LogP contribution < -0.4 is 5.73 Å². The highest BCUT2D eigenvalue weighted by Crippen LogP contribution is 2.33. The fourth-order valence-electron chi connectivity index (χ4n) is 4.97. The Morgan fingerprint density at radius 1 is 0.944 bits per heavy atom. The molecule has 7 heteroatoms. The van der Waals surface area contributed by atoms with Crippen LogP contribution in [0.5, 0.6) is 0 Å². The van der Waals surface area contributed by atoms with Gasteiger partial charge in [0.1, 0.15) is 25.4 Å². The molecule has 2 saturated heterocycles. The molecule has 2 heterocycles. The van der Waals surface area contributed by atoms with E-state index >= 15 is 0 Å². The van der Waals surface area contributed by atoms with Gasteiger partial charge in [-0.3, -0.25) is 4.79 Å². The summed E-state index contributed by atoms with van der Waals surface area (Å²) in [4.78, 5) is 14.2. The monoisotopic (exact) mass is 505 g/mol. The van der Waals surface area contributed by atoms with Gasteiger partial charge in [0.15, 0.2) is 5.79 Å². The Hall–Kier alpha value is -1.51. The summed E-state index contributed by atoms with van der Waals surface area (Å²) in [6.45, 7) is 5.73. The summed E-state index contributed by atoms with van der Waals surface area (Å²) >= 11 is 0. The van der Waals surface area contributed by atoms with Gasteiger partial charge < -0.3 is 29.6 Å². The van der Waals surface area contributed by atoms with Crippen LogP contribution in [-0.4, -0.2) is 75.4 Å². The zero-order chi connectivity index (χ0) is 25.7. The van der Waals surface area contributed by atoms with Gasteiger partial charge >= 0.3 is 0 Å². The van der Waals surface area contributed by atoms with E-state index in [0.717, 1.165) is 12.8 Å². The largest absolute Gasteiger partial charge is 0.382 e. The van der Waals surface area contributed by atoms with Gasteiger partial charge in [-0.1, -0.05) is 63.3 Å². The number of quaternary nitrogens is 1. The molecule has 0 atom stereocenters. The van der Waals surface area contributed by atoms with E-state index in [9.17, 15) is 4.79 Å². The minimum atomic E-state index is -0.576. The molecule has 1 amide bonds. The van der Waals surface area contributed by atoms with Crippen LogP contribution in [0.1, 0.15) is 75.8 Å². The van der Waals surface area contributed by atoms with Crippen LogP contribution in [0.2, 0.25) is 0 Å². The number of piperidine rings is 1. The highest BCUT2D eigenvalue weighted by atomic mass is 16.7. The first-order chi connectivity index (χ1) is 17.5. The third-order valence-corrected chi connectivity index (χ3v) is 7.60. The Morgan fingerprint density at radius 2 is 1.56 bits per heavy atom. The standard InChI is InChI=1S/C29H48N2O5/c1-3-4-5-6-7-8-9-25-10-12-26(13-11-25)14-15-28(30)23-35-29(36-24-28)16-18-31(19-17-29)27(32)22-34-21-20-33-2/h10-13H,3-9,14-24,30H2,1-2H3/p+1. The molecule has 0 aromatic heterocycles. The summed E-state index contributed by atoms with van der Waals surface area (Å²) in [6, 6.07) is 9.12. The lowest BCUT2D eigenvalue weighted by Gasteiger charge is -2.46. The maximum atomic E-state index is 12.3. The van der Waals surface area contributed by atoms with E-state index in [1.165, 1.54) is 56.1 Å². The molecule has 1 aromatic rings. The molecule has 7 nitrogen and oxygen atoms in total. The van der Waals surface area contributed by atoms with Crippen molar-refractivity contribution in [1.82, 2.24) is 4.90 Å². The number of carbonyl (C=O) groups excluding carboxylic acids is 1. The summed E-state index contributed by atoms with van der Waals surface area (Å²) in [5.74, 6) is -0.561. The quantitative estimate of drug-likeness (QED) is 0.369. The van der Waals surface area contributed by atoms with Crippen LogP contribution in [0.15, 0.2) is 24.3 Å². The minimum absolute atomic E-state index is 0.0151. The molecule has 2 aliphatic rings. The van der Waals surface area contributed by atoms with Gasteiger partial charge in [0.25, 0.3) is 0 Å². The first kappa shape index (κ1) is 29.1. The molecule has 0 bridgehead atoms. The number of ether oxygens (including phenoxy) is 4. The molecule has 2 fully saturated rings. The molecule has 1 spiro atoms. The average Bonchev–Trinajstić information content (AvgIpc) is 2.90. The van der Waals surface area contributed by atoms with E-state index in [1.807, 2.05) is 4.90 Å². The van der Waals surface area contributed by atoms with Crippen molar-refractivity contribution in [3.8, 4) is 0 Å². The van der Waals surface area contributed by atoms with Crippen LogP contribution in [0.4, 0.5) is 0 Å². The number of amides is 1. The SMILES string of the molecule is CCCCCCCCc1ccc(CCC2([NH3+])COC3(CCN(C(=O)COCCOC)CC3)OC2)cc1. The predicted molar refractivity (Wildman–Crippen MR) is 141 cm³/mol. The molecular formula is C29H49N2O5+. The van der Waals surface area contributed by atoms with Gasteiger partial charge in [0.2, 0.25) is 5.91 Å². The Balaban J connectivity index is 1.33. The molecule has 36 heavy (non-hydrogen) atoms. The molecular weight excluding hydrogens is 456 g/mol. The predicted octanol–water partition coefficient (Wildman–Crippen LogP) is 3.53. The third-order valence-electron chi connectivity index (χ3n) is 7.60.